The molecule has 0 bridgehead atoms. The molecule has 0 atom stereocenters. The number of anilines is 1. The smallest absolute Gasteiger partial charge is 0.125 e. The highest BCUT2D eigenvalue weighted by Gasteiger charge is 2.12. The lowest BCUT2D eigenvalue weighted by molar-refractivity contribution is 0.743. The quantitative estimate of drug-likeness (QED) is 0.867. The number of rotatable bonds is 1. The molecule has 0 aromatic carbocycles. The summed E-state index contributed by atoms with van der Waals surface area (Å²) in [5, 5.41) is 6.40. The number of hydrogen-bond donors (Lipinski definition) is 1. The summed E-state index contributed by atoms with van der Waals surface area (Å²) in [5.41, 5.74) is 8.60. The predicted molar refractivity (Wildman–Crippen MR) is 63.4 cm³/mol. The van der Waals surface area contributed by atoms with E-state index in [-0.39, 0.29) is 0 Å². The van der Waals surface area contributed by atoms with Crippen LogP contribution in [0.4, 0.5) is 5.69 Å². The van der Waals surface area contributed by atoms with E-state index >= 15 is 0 Å². The van der Waals surface area contributed by atoms with E-state index in [0.717, 1.165) is 26.4 Å². The minimum Gasteiger partial charge on any atom is -0.395 e. The Morgan fingerprint density at radius 3 is 2.71 bits per heavy atom. The van der Waals surface area contributed by atoms with Crippen LogP contribution in [0.2, 0.25) is 0 Å². The maximum Gasteiger partial charge on any atom is 0.125 e. The maximum absolute atomic E-state index is 5.95. The lowest BCUT2D eigenvalue weighted by atomic mass is 10.3. The number of nitrogen functional groups attached to an aromatic ring is 1. The predicted octanol–water partition coefficient (Wildman–Crippen LogP) is 2.80. The molecule has 5 heteroatoms. The van der Waals surface area contributed by atoms with Gasteiger partial charge in [0.25, 0.3) is 0 Å². The average Bonchev–Trinajstić information content (AvgIpc) is 2.66. The van der Waals surface area contributed by atoms with E-state index in [1.807, 2.05) is 25.4 Å². The van der Waals surface area contributed by atoms with E-state index in [1.54, 1.807) is 16.0 Å². The summed E-state index contributed by atoms with van der Waals surface area (Å²) in [6.07, 6.45) is 0. The van der Waals surface area contributed by atoms with Crippen LogP contribution in [0.5, 0.6) is 0 Å². The lowest BCUT2D eigenvalue weighted by Gasteiger charge is -1.92. The van der Waals surface area contributed by atoms with Crippen LogP contribution in [0.15, 0.2) is 15.9 Å². The number of aromatic nitrogens is 2. The fraction of sp³-hybridized carbons (Fsp3) is 0.222. The Kier molecular flexibility index (Phi) is 2.36. The van der Waals surface area contributed by atoms with Crippen molar-refractivity contribution in [2.24, 2.45) is 7.05 Å². The van der Waals surface area contributed by atoms with E-state index in [1.165, 1.54) is 0 Å². The van der Waals surface area contributed by atoms with Crippen molar-refractivity contribution in [3.8, 4) is 10.6 Å². The number of halogens is 1. The summed E-state index contributed by atoms with van der Waals surface area (Å²) < 4.78 is 2.87. The third-order valence-corrected chi connectivity index (χ3v) is 3.88. The fourth-order valence-corrected chi connectivity index (χ4v) is 2.67. The lowest BCUT2D eigenvalue weighted by Crippen LogP contribution is -1.93. The summed E-state index contributed by atoms with van der Waals surface area (Å²) in [6.45, 7) is 1.97. The van der Waals surface area contributed by atoms with Gasteiger partial charge in [-0.05, 0) is 28.9 Å². The molecule has 14 heavy (non-hydrogen) atoms. The van der Waals surface area contributed by atoms with Gasteiger partial charge in [-0.15, -0.1) is 11.3 Å². The topological polar surface area (TPSA) is 43.8 Å². The van der Waals surface area contributed by atoms with Crippen LogP contribution < -0.4 is 5.73 Å². The molecular formula is C9H10BrN3S. The zero-order valence-electron chi connectivity index (χ0n) is 7.91. The Morgan fingerprint density at radius 2 is 2.29 bits per heavy atom. The Balaban J connectivity index is 2.57. The zero-order valence-corrected chi connectivity index (χ0v) is 10.3. The number of thiophene rings is 1. The maximum atomic E-state index is 5.95. The van der Waals surface area contributed by atoms with Gasteiger partial charge in [0.2, 0.25) is 0 Å². The largest absolute Gasteiger partial charge is 0.395 e. The summed E-state index contributed by atoms with van der Waals surface area (Å²) in [4.78, 5) is 1.10. The first-order valence-corrected chi connectivity index (χ1v) is 5.80. The number of nitrogens with zero attached hydrogens (tertiary/aromatic N) is 2. The first-order chi connectivity index (χ1) is 6.59. The number of aryl methyl sites for hydroxylation is 1. The normalized spacial score (nSPS) is 10.8. The molecule has 0 amide bonds. The van der Waals surface area contributed by atoms with Crippen LogP contribution in [0.3, 0.4) is 0 Å². The molecule has 2 aromatic rings. The van der Waals surface area contributed by atoms with Crippen LogP contribution >= 0.6 is 27.3 Å². The van der Waals surface area contributed by atoms with Crippen LogP contribution in [0, 0.1) is 6.92 Å². The molecule has 2 N–H and O–H groups in total. The monoisotopic (exact) mass is 271 g/mol. The van der Waals surface area contributed by atoms with Crippen molar-refractivity contribution in [1.29, 1.82) is 0 Å². The average molecular weight is 272 g/mol. The molecule has 0 aliphatic rings. The van der Waals surface area contributed by atoms with E-state index in [2.05, 4.69) is 21.0 Å². The van der Waals surface area contributed by atoms with Crippen LogP contribution in [-0.4, -0.2) is 9.78 Å². The van der Waals surface area contributed by atoms with Crippen molar-refractivity contribution in [2.45, 2.75) is 6.92 Å². The van der Waals surface area contributed by atoms with Gasteiger partial charge in [0.05, 0.1) is 16.3 Å². The van der Waals surface area contributed by atoms with Gasteiger partial charge in [-0.25, -0.2) is 0 Å². The molecule has 2 heterocycles. The van der Waals surface area contributed by atoms with Gasteiger partial charge in [0.1, 0.15) is 5.69 Å². The minimum absolute atomic E-state index is 0.766. The second kappa shape index (κ2) is 3.40. The Hall–Kier alpha value is -0.810. The molecule has 0 saturated carbocycles. The van der Waals surface area contributed by atoms with E-state index in [9.17, 15) is 0 Å². The summed E-state index contributed by atoms with van der Waals surface area (Å²) >= 11 is 5.05. The third kappa shape index (κ3) is 1.46. The molecule has 0 saturated heterocycles. The SMILES string of the molecule is Cc1c(N)c(-c2cc(Br)cs2)nn1C. The van der Waals surface area contributed by atoms with Gasteiger partial charge in [-0.2, -0.15) is 5.10 Å². The summed E-state index contributed by atoms with van der Waals surface area (Å²) in [7, 11) is 1.90. The molecular weight excluding hydrogens is 262 g/mol. The van der Waals surface area contributed by atoms with Crippen molar-refractivity contribution in [1.82, 2.24) is 9.78 Å². The highest BCUT2D eigenvalue weighted by atomic mass is 79.9. The van der Waals surface area contributed by atoms with E-state index in [0.29, 0.717) is 0 Å². The molecule has 74 valence electrons. The number of hydrogen-bond acceptors (Lipinski definition) is 3. The molecule has 0 unspecified atom stereocenters. The first kappa shape index (κ1) is 9.73. The molecule has 0 fully saturated rings. The third-order valence-electron chi connectivity index (χ3n) is 2.18. The second-order valence-corrected chi connectivity index (χ2v) is 4.93. The molecule has 0 spiro atoms. The standard InChI is InChI=1S/C9H10BrN3S/c1-5-8(11)9(12-13(5)2)7-3-6(10)4-14-7/h3-4H,11H2,1-2H3. The molecule has 3 nitrogen and oxygen atoms in total. The summed E-state index contributed by atoms with van der Waals surface area (Å²) in [6, 6.07) is 2.03. The molecule has 2 aromatic heterocycles. The van der Waals surface area contributed by atoms with E-state index in [4.69, 9.17) is 5.73 Å². The van der Waals surface area contributed by atoms with Crippen molar-refractivity contribution in [2.75, 3.05) is 5.73 Å². The van der Waals surface area contributed by atoms with Crippen molar-refractivity contribution in [3.05, 3.63) is 21.6 Å². The Labute approximate surface area is 94.7 Å². The zero-order chi connectivity index (χ0) is 10.3. The molecule has 0 aliphatic heterocycles. The molecule has 2 rings (SSSR count). The van der Waals surface area contributed by atoms with Crippen LogP contribution in [0.1, 0.15) is 5.69 Å². The van der Waals surface area contributed by atoms with Gasteiger partial charge < -0.3 is 5.73 Å². The van der Waals surface area contributed by atoms with Crippen LogP contribution in [0.25, 0.3) is 10.6 Å². The Morgan fingerprint density at radius 1 is 1.57 bits per heavy atom. The highest BCUT2D eigenvalue weighted by Crippen LogP contribution is 2.33. The Bertz CT molecular complexity index is 472. The van der Waals surface area contributed by atoms with Gasteiger partial charge in [0.15, 0.2) is 0 Å². The number of nitrogens with two attached hydrogens (primary N) is 1. The minimum atomic E-state index is 0.766. The van der Waals surface area contributed by atoms with Gasteiger partial charge in [0, 0.05) is 16.9 Å². The van der Waals surface area contributed by atoms with Gasteiger partial charge >= 0.3 is 0 Å². The van der Waals surface area contributed by atoms with Gasteiger partial charge in [-0.3, -0.25) is 4.68 Å². The highest BCUT2D eigenvalue weighted by molar-refractivity contribution is 9.10. The van der Waals surface area contributed by atoms with E-state index < -0.39 is 0 Å². The van der Waals surface area contributed by atoms with Crippen molar-refractivity contribution in [3.63, 3.8) is 0 Å². The molecule has 0 radical (unpaired) electrons. The van der Waals surface area contributed by atoms with Crippen molar-refractivity contribution < 1.29 is 0 Å². The fourth-order valence-electron chi connectivity index (χ4n) is 1.24. The molecule has 0 aliphatic carbocycles. The first-order valence-electron chi connectivity index (χ1n) is 4.13. The summed E-state index contributed by atoms with van der Waals surface area (Å²) in [5.74, 6) is 0. The van der Waals surface area contributed by atoms with Crippen molar-refractivity contribution >= 4 is 33.0 Å². The second-order valence-electron chi connectivity index (χ2n) is 3.10. The van der Waals surface area contributed by atoms with Crippen LogP contribution in [-0.2, 0) is 7.05 Å². The van der Waals surface area contributed by atoms with Gasteiger partial charge in [-0.1, -0.05) is 0 Å².